The summed E-state index contributed by atoms with van der Waals surface area (Å²) in [6.45, 7) is 7.94. The summed E-state index contributed by atoms with van der Waals surface area (Å²) in [4.78, 5) is 19.9. The second kappa shape index (κ2) is 6.93. The third-order valence-corrected chi connectivity index (χ3v) is 5.43. The Hall–Kier alpha value is -1.18. The van der Waals surface area contributed by atoms with E-state index in [-0.39, 0.29) is 12.1 Å². The molecule has 2 amide bonds. The lowest BCUT2D eigenvalue weighted by molar-refractivity contribution is -0.0457. The van der Waals surface area contributed by atoms with E-state index in [4.69, 9.17) is 4.74 Å². The van der Waals surface area contributed by atoms with Gasteiger partial charge in [0.15, 0.2) is 0 Å². The molecule has 2 unspecified atom stereocenters. The highest BCUT2D eigenvalue weighted by Gasteiger charge is 2.32. The minimum atomic E-state index is -0.141. The molecule has 0 radical (unpaired) electrons. The molecule has 3 heterocycles. The Morgan fingerprint density at radius 1 is 1.45 bits per heavy atom. The lowest BCUT2D eigenvalue weighted by atomic mass is 10.2. The normalized spacial score (nSPS) is 25.0. The number of urea groups is 1. The summed E-state index contributed by atoms with van der Waals surface area (Å²) in [6, 6.07) is 0.459. The van der Waals surface area contributed by atoms with Gasteiger partial charge in [0.2, 0.25) is 0 Å². The van der Waals surface area contributed by atoms with Crippen LogP contribution in [0.4, 0.5) is 4.79 Å². The second-order valence-corrected chi connectivity index (χ2v) is 7.34. The smallest absolute Gasteiger partial charge is 0.315 e. The first-order valence-electron chi connectivity index (χ1n) is 7.92. The first kappa shape index (κ1) is 15.7. The molecule has 2 aliphatic rings. The highest BCUT2D eigenvalue weighted by atomic mass is 32.1. The van der Waals surface area contributed by atoms with Gasteiger partial charge in [-0.1, -0.05) is 0 Å². The third kappa shape index (κ3) is 3.77. The molecule has 122 valence electrons. The van der Waals surface area contributed by atoms with Crippen molar-refractivity contribution >= 4 is 17.4 Å². The Kier molecular flexibility index (Phi) is 4.95. The highest BCUT2D eigenvalue weighted by Crippen LogP contribution is 2.22. The highest BCUT2D eigenvalue weighted by molar-refractivity contribution is 7.11. The maximum Gasteiger partial charge on any atom is 0.315 e. The molecule has 0 saturated carbocycles. The third-order valence-electron chi connectivity index (χ3n) is 4.36. The lowest BCUT2D eigenvalue weighted by Crippen LogP contribution is -2.51. The molecular formula is C15H24N4O2S. The van der Waals surface area contributed by atoms with Gasteiger partial charge >= 0.3 is 6.03 Å². The number of carbonyl (C=O) groups is 1. The van der Waals surface area contributed by atoms with Gasteiger partial charge in [-0.05, 0) is 33.2 Å². The largest absolute Gasteiger partial charge is 0.373 e. The number of thiazole rings is 1. The number of ether oxygens (including phenoxy) is 1. The van der Waals surface area contributed by atoms with Crippen molar-refractivity contribution in [1.82, 2.24) is 20.5 Å². The number of morpholine rings is 1. The van der Waals surface area contributed by atoms with Gasteiger partial charge in [0.1, 0.15) is 0 Å². The molecular weight excluding hydrogens is 300 g/mol. The van der Waals surface area contributed by atoms with E-state index >= 15 is 0 Å². The summed E-state index contributed by atoms with van der Waals surface area (Å²) in [5.41, 5.74) is 0.999. The van der Waals surface area contributed by atoms with Crippen LogP contribution >= 0.6 is 11.3 Å². The number of fused-ring (bicyclic) bond motifs is 1. The number of rotatable bonds is 4. The summed E-state index contributed by atoms with van der Waals surface area (Å²) in [5, 5.41) is 6.83. The Morgan fingerprint density at radius 3 is 3.09 bits per heavy atom. The molecule has 2 fully saturated rings. The van der Waals surface area contributed by atoms with E-state index in [9.17, 15) is 4.79 Å². The van der Waals surface area contributed by atoms with Crippen molar-refractivity contribution < 1.29 is 9.53 Å². The predicted octanol–water partition coefficient (Wildman–Crippen LogP) is 1.42. The maximum absolute atomic E-state index is 11.9. The van der Waals surface area contributed by atoms with Crippen LogP contribution in [0.25, 0.3) is 0 Å². The number of nitrogens with one attached hydrogen (secondary N) is 2. The minimum Gasteiger partial charge on any atom is -0.373 e. The Morgan fingerprint density at radius 2 is 2.32 bits per heavy atom. The monoisotopic (exact) mass is 324 g/mol. The van der Waals surface area contributed by atoms with Crippen LogP contribution in [0.2, 0.25) is 0 Å². The van der Waals surface area contributed by atoms with Crippen LogP contribution in [0.15, 0.2) is 0 Å². The SMILES string of the molecule is Cc1nc(C)c(CNC(=O)NCC2CN3CCCC3CO2)s1. The van der Waals surface area contributed by atoms with Crippen molar-refractivity contribution in [3.05, 3.63) is 15.6 Å². The van der Waals surface area contributed by atoms with Crippen LogP contribution < -0.4 is 10.6 Å². The van der Waals surface area contributed by atoms with E-state index in [1.54, 1.807) is 11.3 Å². The standard InChI is InChI=1S/C15H24N4O2S/c1-10-14(22-11(2)18-10)7-17-15(20)16-6-13-8-19-5-3-4-12(19)9-21-13/h12-13H,3-9H2,1-2H3,(H2,16,17,20). The van der Waals surface area contributed by atoms with Crippen molar-refractivity contribution in [2.45, 2.75) is 45.4 Å². The Bertz CT molecular complexity index is 534. The molecule has 2 N–H and O–H groups in total. The van der Waals surface area contributed by atoms with Crippen LogP contribution in [-0.2, 0) is 11.3 Å². The van der Waals surface area contributed by atoms with Gasteiger partial charge in [0, 0.05) is 24.0 Å². The number of aryl methyl sites for hydroxylation is 2. The molecule has 0 aromatic carbocycles. The van der Waals surface area contributed by atoms with Gasteiger partial charge in [0.05, 0.1) is 30.0 Å². The predicted molar refractivity (Wildman–Crippen MR) is 86.2 cm³/mol. The van der Waals surface area contributed by atoms with Crippen molar-refractivity contribution in [1.29, 1.82) is 0 Å². The fraction of sp³-hybridized carbons (Fsp3) is 0.733. The quantitative estimate of drug-likeness (QED) is 0.879. The molecule has 22 heavy (non-hydrogen) atoms. The van der Waals surface area contributed by atoms with E-state index in [1.807, 2.05) is 13.8 Å². The molecule has 1 aromatic rings. The molecule has 2 atom stereocenters. The number of hydrogen-bond acceptors (Lipinski definition) is 5. The zero-order valence-electron chi connectivity index (χ0n) is 13.2. The van der Waals surface area contributed by atoms with Crippen LogP contribution in [-0.4, -0.2) is 54.3 Å². The molecule has 2 aliphatic heterocycles. The fourth-order valence-corrected chi connectivity index (χ4v) is 4.05. The van der Waals surface area contributed by atoms with E-state index < -0.39 is 0 Å². The van der Waals surface area contributed by atoms with Crippen LogP contribution in [0.3, 0.4) is 0 Å². The Balaban J connectivity index is 1.38. The minimum absolute atomic E-state index is 0.104. The van der Waals surface area contributed by atoms with Gasteiger partial charge in [0.25, 0.3) is 0 Å². The van der Waals surface area contributed by atoms with Crippen LogP contribution in [0, 0.1) is 13.8 Å². The summed E-state index contributed by atoms with van der Waals surface area (Å²) in [6.07, 6.45) is 2.61. The maximum atomic E-state index is 11.9. The van der Waals surface area contributed by atoms with Crippen molar-refractivity contribution in [3.63, 3.8) is 0 Å². The first-order chi connectivity index (χ1) is 10.6. The molecule has 0 spiro atoms. The van der Waals surface area contributed by atoms with E-state index in [0.29, 0.717) is 19.1 Å². The average Bonchev–Trinajstić information content (AvgIpc) is 3.08. The Labute approximate surface area is 135 Å². The van der Waals surface area contributed by atoms with Gasteiger partial charge in [-0.25, -0.2) is 9.78 Å². The molecule has 7 heteroatoms. The molecule has 2 saturated heterocycles. The zero-order valence-corrected chi connectivity index (χ0v) is 14.0. The first-order valence-corrected chi connectivity index (χ1v) is 8.73. The number of hydrogen-bond donors (Lipinski definition) is 2. The van der Waals surface area contributed by atoms with Gasteiger partial charge < -0.3 is 15.4 Å². The molecule has 1 aromatic heterocycles. The second-order valence-electron chi connectivity index (χ2n) is 6.05. The number of nitrogens with zero attached hydrogens (tertiary/aromatic N) is 2. The molecule has 3 rings (SSSR count). The summed E-state index contributed by atoms with van der Waals surface area (Å²) in [5.74, 6) is 0. The molecule has 6 nitrogen and oxygen atoms in total. The summed E-state index contributed by atoms with van der Waals surface area (Å²) >= 11 is 1.63. The van der Waals surface area contributed by atoms with Crippen molar-refractivity contribution in [3.8, 4) is 0 Å². The van der Waals surface area contributed by atoms with Crippen LogP contribution in [0.5, 0.6) is 0 Å². The zero-order chi connectivity index (χ0) is 15.5. The number of aromatic nitrogens is 1. The van der Waals surface area contributed by atoms with E-state index in [1.165, 1.54) is 19.4 Å². The van der Waals surface area contributed by atoms with Gasteiger partial charge in [-0.2, -0.15) is 0 Å². The fourth-order valence-electron chi connectivity index (χ4n) is 3.18. The number of carbonyl (C=O) groups excluding carboxylic acids is 1. The molecule has 0 aliphatic carbocycles. The van der Waals surface area contributed by atoms with Gasteiger partial charge in [-0.3, -0.25) is 4.90 Å². The van der Waals surface area contributed by atoms with Crippen molar-refractivity contribution in [2.24, 2.45) is 0 Å². The lowest BCUT2D eigenvalue weighted by Gasteiger charge is -2.35. The molecule has 0 bridgehead atoms. The average molecular weight is 324 g/mol. The number of amides is 2. The van der Waals surface area contributed by atoms with Crippen LogP contribution in [0.1, 0.15) is 28.4 Å². The van der Waals surface area contributed by atoms with E-state index in [2.05, 4.69) is 20.5 Å². The topological polar surface area (TPSA) is 66.5 Å². The van der Waals surface area contributed by atoms with Crippen molar-refractivity contribution in [2.75, 3.05) is 26.2 Å². The summed E-state index contributed by atoms with van der Waals surface area (Å²) < 4.78 is 5.84. The summed E-state index contributed by atoms with van der Waals surface area (Å²) in [7, 11) is 0. The van der Waals surface area contributed by atoms with Gasteiger partial charge in [-0.15, -0.1) is 11.3 Å². The van der Waals surface area contributed by atoms with E-state index in [0.717, 1.165) is 28.7 Å².